The van der Waals surface area contributed by atoms with Gasteiger partial charge < -0.3 is 10.0 Å². The van der Waals surface area contributed by atoms with Crippen LogP contribution in [0, 0.1) is 11.7 Å². The Hall–Kier alpha value is -1.91. The van der Waals surface area contributed by atoms with Gasteiger partial charge in [0.2, 0.25) is 0 Å². The number of halogens is 1. The summed E-state index contributed by atoms with van der Waals surface area (Å²) in [4.78, 5) is 24.2. The number of hydrogen-bond donors (Lipinski definition) is 1. The molecular formula is C12H12FNO3. The molecule has 1 aromatic rings. The van der Waals surface area contributed by atoms with Crippen molar-refractivity contribution < 1.29 is 19.1 Å². The number of aliphatic carboxylic acids is 1. The van der Waals surface area contributed by atoms with E-state index in [1.807, 2.05) is 0 Å². The quantitative estimate of drug-likeness (QED) is 0.845. The molecule has 90 valence electrons. The van der Waals surface area contributed by atoms with E-state index in [2.05, 4.69) is 0 Å². The standard InChI is InChI=1S/C12H12FNO3/c13-10-3-1-8(2-4-10)11(15)14-6-5-9(7-14)12(16)17/h1-4,9H,5-7H2,(H,16,17)/t9-/m0/s1. The van der Waals surface area contributed by atoms with Crippen LogP contribution < -0.4 is 0 Å². The summed E-state index contributed by atoms with van der Waals surface area (Å²) < 4.78 is 12.7. The molecule has 0 radical (unpaired) electrons. The molecule has 0 aromatic heterocycles. The SMILES string of the molecule is O=C(O)[C@H]1CCN(C(=O)c2ccc(F)cc2)C1. The maximum Gasteiger partial charge on any atom is 0.308 e. The highest BCUT2D eigenvalue weighted by Gasteiger charge is 2.31. The zero-order chi connectivity index (χ0) is 12.4. The van der Waals surface area contributed by atoms with Gasteiger partial charge >= 0.3 is 5.97 Å². The van der Waals surface area contributed by atoms with Crippen molar-refractivity contribution in [3.05, 3.63) is 35.6 Å². The Bertz CT molecular complexity index is 444. The van der Waals surface area contributed by atoms with Crippen LogP contribution in [0.15, 0.2) is 24.3 Å². The van der Waals surface area contributed by atoms with Crippen LogP contribution in [-0.4, -0.2) is 35.0 Å². The third kappa shape index (κ3) is 2.43. The number of hydrogen-bond acceptors (Lipinski definition) is 2. The molecule has 1 amide bonds. The first-order valence-electron chi connectivity index (χ1n) is 5.35. The van der Waals surface area contributed by atoms with E-state index in [0.717, 1.165) is 0 Å². The molecule has 1 aliphatic rings. The molecule has 0 aliphatic carbocycles. The minimum Gasteiger partial charge on any atom is -0.481 e. The van der Waals surface area contributed by atoms with E-state index in [1.165, 1.54) is 29.2 Å². The summed E-state index contributed by atoms with van der Waals surface area (Å²) in [6.45, 7) is 0.665. The first kappa shape index (κ1) is 11.6. The highest BCUT2D eigenvalue weighted by Crippen LogP contribution is 2.19. The lowest BCUT2D eigenvalue weighted by Gasteiger charge is -2.15. The number of benzene rings is 1. The highest BCUT2D eigenvalue weighted by molar-refractivity contribution is 5.94. The highest BCUT2D eigenvalue weighted by atomic mass is 19.1. The van der Waals surface area contributed by atoms with Gasteiger partial charge in [-0.3, -0.25) is 9.59 Å². The largest absolute Gasteiger partial charge is 0.481 e. The molecule has 1 fully saturated rings. The minimum absolute atomic E-state index is 0.228. The molecule has 1 atom stereocenters. The Balaban J connectivity index is 2.07. The Kier molecular flexibility index (Phi) is 3.08. The maximum atomic E-state index is 12.7. The number of rotatable bonds is 2. The molecule has 1 aliphatic heterocycles. The fourth-order valence-corrected chi connectivity index (χ4v) is 1.92. The average Bonchev–Trinajstić information content (AvgIpc) is 2.78. The molecule has 0 unspecified atom stereocenters. The van der Waals surface area contributed by atoms with Gasteiger partial charge in [0, 0.05) is 18.7 Å². The Morgan fingerprint density at radius 1 is 1.29 bits per heavy atom. The molecule has 17 heavy (non-hydrogen) atoms. The van der Waals surface area contributed by atoms with E-state index in [-0.39, 0.29) is 12.5 Å². The zero-order valence-electron chi connectivity index (χ0n) is 9.10. The van der Waals surface area contributed by atoms with E-state index < -0.39 is 17.7 Å². The van der Waals surface area contributed by atoms with Crippen molar-refractivity contribution in [2.24, 2.45) is 5.92 Å². The van der Waals surface area contributed by atoms with Crippen LogP contribution in [0.4, 0.5) is 4.39 Å². The van der Waals surface area contributed by atoms with Crippen molar-refractivity contribution in [1.29, 1.82) is 0 Å². The van der Waals surface area contributed by atoms with Crippen LogP contribution in [0.3, 0.4) is 0 Å². The van der Waals surface area contributed by atoms with Crippen molar-refractivity contribution in [2.75, 3.05) is 13.1 Å². The molecule has 1 aromatic carbocycles. The predicted molar refractivity (Wildman–Crippen MR) is 58.0 cm³/mol. The summed E-state index contributed by atoms with van der Waals surface area (Å²) >= 11 is 0. The second-order valence-electron chi connectivity index (χ2n) is 4.08. The van der Waals surface area contributed by atoms with Crippen LogP contribution in [0.1, 0.15) is 16.8 Å². The monoisotopic (exact) mass is 237 g/mol. The van der Waals surface area contributed by atoms with E-state index >= 15 is 0 Å². The lowest BCUT2D eigenvalue weighted by molar-refractivity contribution is -0.141. The van der Waals surface area contributed by atoms with Crippen molar-refractivity contribution in [2.45, 2.75) is 6.42 Å². The fourth-order valence-electron chi connectivity index (χ4n) is 1.92. The third-order valence-corrected chi connectivity index (χ3v) is 2.92. The van der Waals surface area contributed by atoms with Crippen molar-refractivity contribution in [3.63, 3.8) is 0 Å². The number of carbonyl (C=O) groups is 2. The van der Waals surface area contributed by atoms with Gasteiger partial charge in [-0.2, -0.15) is 0 Å². The second-order valence-corrected chi connectivity index (χ2v) is 4.08. The molecule has 1 N–H and O–H groups in total. The lowest BCUT2D eigenvalue weighted by atomic mass is 10.1. The van der Waals surface area contributed by atoms with Crippen LogP contribution in [0.5, 0.6) is 0 Å². The van der Waals surface area contributed by atoms with Crippen molar-refractivity contribution in [3.8, 4) is 0 Å². The molecular weight excluding hydrogens is 225 g/mol. The Labute approximate surface area is 97.7 Å². The Morgan fingerprint density at radius 3 is 2.47 bits per heavy atom. The van der Waals surface area contributed by atoms with Crippen LogP contribution in [0.25, 0.3) is 0 Å². The molecule has 1 saturated heterocycles. The zero-order valence-corrected chi connectivity index (χ0v) is 9.10. The molecule has 0 bridgehead atoms. The maximum absolute atomic E-state index is 12.7. The number of carboxylic acids is 1. The number of amides is 1. The number of carboxylic acid groups (broad SMARTS) is 1. The topological polar surface area (TPSA) is 57.6 Å². The second kappa shape index (κ2) is 4.53. The van der Waals surface area contributed by atoms with Gasteiger partial charge in [-0.25, -0.2) is 4.39 Å². The summed E-state index contributed by atoms with van der Waals surface area (Å²) in [6.07, 6.45) is 0.474. The first-order valence-corrected chi connectivity index (χ1v) is 5.35. The van der Waals surface area contributed by atoms with Gasteiger partial charge in [-0.1, -0.05) is 0 Å². The lowest BCUT2D eigenvalue weighted by Crippen LogP contribution is -2.29. The average molecular weight is 237 g/mol. The van der Waals surface area contributed by atoms with E-state index in [4.69, 9.17) is 5.11 Å². The van der Waals surface area contributed by atoms with E-state index in [0.29, 0.717) is 18.5 Å². The fraction of sp³-hybridized carbons (Fsp3) is 0.333. The van der Waals surface area contributed by atoms with Gasteiger partial charge in [0.05, 0.1) is 5.92 Å². The number of nitrogens with zero attached hydrogens (tertiary/aromatic N) is 1. The molecule has 0 spiro atoms. The number of likely N-dealkylation sites (tertiary alicyclic amines) is 1. The van der Waals surface area contributed by atoms with Crippen LogP contribution in [0.2, 0.25) is 0 Å². The van der Waals surface area contributed by atoms with Crippen LogP contribution in [-0.2, 0) is 4.79 Å². The summed E-state index contributed by atoms with van der Waals surface area (Å²) in [5.74, 6) is -2.00. The van der Waals surface area contributed by atoms with Gasteiger partial charge in [-0.15, -0.1) is 0 Å². The number of carbonyl (C=O) groups excluding carboxylic acids is 1. The normalized spacial score (nSPS) is 19.4. The Morgan fingerprint density at radius 2 is 1.94 bits per heavy atom. The molecule has 5 heteroatoms. The van der Waals surface area contributed by atoms with Crippen molar-refractivity contribution >= 4 is 11.9 Å². The predicted octanol–water partition coefficient (Wildman–Crippen LogP) is 1.37. The van der Waals surface area contributed by atoms with E-state index in [1.54, 1.807) is 0 Å². The van der Waals surface area contributed by atoms with Crippen LogP contribution >= 0.6 is 0 Å². The van der Waals surface area contributed by atoms with Gasteiger partial charge in [0.25, 0.3) is 5.91 Å². The van der Waals surface area contributed by atoms with Gasteiger partial charge in [0.15, 0.2) is 0 Å². The molecule has 0 saturated carbocycles. The molecule has 1 heterocycles. The first-order chi connectivity index (χ1) is 8.08. The van der Waals surface area contributed by atoms with Crippen molar-refractivity contribution in [1.82, 2.24) is 4.90 Å². The third-order valence-electron chi connectivity index (χ3n) is 2.92. The summed E-state index contributed by atoms with van der Waals surface area (Å²) in [6, 6.07) is 5.26. The van der Waals surface area contributed by atoms with Gasteiger partial charge in [-0.05, 0) is 30.7 Å². The summed E-state index contributed by atoms with van der Waals surface area (Å²) in [7, 11) is 0. The summed E-state index contributed by atoms with van der Waals surface area (Å²) in [5, 5.41) is 8.83. The molecule has 2 rings (SSSR count). The summed E-state index contributed by atoms with van der Waals surface area (Å²) in [5.41, 5.74) is 0.387. The molecule has 4 nitrogen and oxygen atoms in total. The van der Waals surface area contributed by atoms with Gasteiger partial charge in [0.1, 0.15) is 5.82 Å². The smallest absolute Gasteiger partial charge is 0.308 e. The van der Waals surface area contributed by atoms with E-state index in [9.17, 15) is 14.0 Å². The minimum atomic E-state index is -0.876.